The zero-order valence-electron chi connectivity index (χ0n) is 13.1. The van der Waals surface area contributed by atoms with E-state index in [0.29, 0.717) is 6.42 Å². The van der Waals surface area contributed by atoms with Crippen molar-refractivity contribution in [2.75, 3.05) is 0 Å². The minimum atomic E-state index is -0.676. The molecule has 1 aliphatic rings. The van der Waals surface area contributed by atoms with Gasteiger partial charge in [-0.3, -0.25) is 9.59 Å². The Morgan fingerprint density at radius 1 is 1.26 bits per heavy atom. The second kappa shape index (κ2) is 5.14. The molecule has 0 unspecified atom stereocenters. The van der Waals surface area contributed by atoms with Gasteiger partial charge in [-0.25, -0.2) is 0 Å². The summed E-state index contributed by atoms with van der Waals surface area (Å²) in [6, 6.07) is 0. The molecule has 0 aliphatic carbocycles. The van der Waals surface area contributed by atoms with Crippen molar-refractivity contribution in [3.8, 4) is 0 Å². The summed E-state index contributed by atoms with van der Waals surface area (Å²) in [5.74, 6) is -0.378. The van der Waals surface area contributed by atoms with Gasteiger partial charge in [-0.05, 0) is 47.0 Å². The smallest absolute Gasteiger partial charge is 0.313 e. The van der Waals surface area contributed by atoms with Crippen LogP contribution in [-0.4, -0.2) is 23.6 Å². The summed E-state index contributed by atoms with van der Waals surface area (Å²) < 4.78 is 10.6. The van der Waals surface area contributed by atoms with E-state index in [4.69, 9.17) is 9.47 Å². The molecule has 4 heteroatoms. The average molecular weight is 270 g/mol. The molecule has 110 valence electrons. The van der Waals surface area contributed by atoms with E-state index < -0.39 is 11.0 Å². The van der Waals surface area contributed by atoms with Gasteiger partial charge in [0, 0.05) is 0 Å². The van der Waals surface area contributed by atoms with Crippen LogP contribution in [0.3, 0.4) is 0 Å². The van der Waals surface area contributed by atoms with E-state index in [0.717, 1.165) is 0 Å². The molecule has 1 saturated heterocycles. The van der Waals surface area contributed by atoms with Crippen molar-refractivity contribution in [3.63, 3.8) is 0 Å². The highest BCUT2D eigenvalue weighted by molar-refractivity contribution is 5.81. The monoisotopic (exact) mass is 270 g/mol. The predicted molar refractivity (Wildman–Crippen MR) is 72.5 cm³/mol. The Labute approximate surface area is 115 Å². The summed E-state index contributed by atoms with van der Waals surface area (Å²) in [7, 11) is 0. The highest BCUT2D eigenvalue weighted by Gasteiger charge is 2.48. The largest absolute Gasteiger partial charge is 0.461 e. The standard InChI is InChI=1S/C15H26O4/c1-9(2)11-10(12(16)18-11)8-15(6,7)13(17)19-14(3,4)5/h9-11H,8H2,1-7H3/t10-,11-/m1/s1. The van der Waals surface area contributed by atoms with Gasteiger partial charge in [0.2, 0.25) is 0 Å². The van der Waals surface area contributed by atoms with Gasteiger partial charge in [0.15, 0.2) is 0 Å². The quantitative estimate of drug-likeness (QED) is 0.737. The molecule has 4 nitrogen and oxygen atoms in total. The molecule has 2 atom stereocenters. The lowest BCUT2D eigenvalue weighted by Gasteiger charge is -2.41. The minimum absolute atomic E-state index is 0.0748. The summed E-state index contributed by atoms with van der Waals surface area (Å²) in [5, 5.41) is 0. The molecule has 19 heavy (non-hydrogen) atoms. The fourth-order valence-electron chi connectivity index (χ4n) is 2.21. The number of cyclic esters (lactones) is 1. The first kappa shape index (κ1) is 16.0. The Hall–Kier alpha value is -1.06. The van der Waals surface area contributed by atoms with Crippen LogP contribution >= 0.6 is 0 Å². The molecule has 0 aromatic carbocycles. The number of carbonyl (C=O) groups is 2. The third-order valence-electron chi connectivity index (χ3n) is 3.29. The second-order valence-electron chi connectivity index (χ2n) is 7.34. The molecule has 1 aliphatic heterocycles. The molecule has 1 heterocycles. The third-order valence-corrected chi connectivity index (χ3v) is 3.29. The van der Waals surface area contributed by atoms with Crippen LogP contribution in [0, 0.1) is 17.3 Å². The van der Waals surface area contributed by atoms with Crippen LogP contribution in [0.25, 0.3) is 0 Å². The van der Waals surface area contributed by atoms with E-state index in [1.54, 1.807) is 0 Å². The summed E-state index contributed by atoms with van der Waals surface area (Å²) in [4.78, 5) is 23.7. The van der Waals surface area contributed by atoms with Crippen LogP contribution < -0.4 is 0 Å². The first-order valence-electron chi connectivity index (χ1n) is 6.88. The van der Waals surface area contributed by atoms with E-state index in [2.05, 4.69) is 0 Å². The number of hydrogen-bond donors (Lipinski definition) is 0. The fraction of sp³-hybridized carbons (Fsp3) is 0.867. The lowest BCUT2D eigenvalue weighted by Crippen LogP contribution is -2.51. The van der Waals surface area contributed by atoms with Gasteiger partial charge in [0.05, 0.1) is 11.3 Å². The summed E-state index contributed by atoms with van der Waals surface area (Å²) in [6.07, 6.45) is 0.401. The van der Waals surface area contributed by atoms with Crippen LogP contribution in [0.1, 0.15) is 54.9 Å². The highest BCUT2D eigenvalue weighted by Crippen LogP contribution is 2.38. The molecule has 0 radical (unpaired) electrons. The van der Waals surface area contributed by atoms with E-state index in [-0.39, 0.29) is 29.9 Å². The van der Waals surface area contributed by atoms with E-state index >= 15 is 0 Å². The molecule has 0 saturated carbocycles. The maximum Gasteiger partial charge on any atom is 0.313 e. The molecular weight excluding hydrogens is 244 g/mol. The van der Waals surface area contributed by atoms with Gasteiger partial charge in [0.1, 0.15) is 11.7 Å². The van der Waals surface area contributed by atoms with Crippen molar-refractivity contribution >= 4 is 11.9 Å². The van der Waals surface area contributed by atoms with Crippen LogP contribution in [0.4, 0.5) is 0 Å². The number of esters is 2. The van der Waals surface area contributed by atoms with E-state index in [9.17, 15) is 9.59 Å². The second-order valence-corrected chi connectivity index (χ2v) is 7.34. The Kier molecular flexibility index (Phi) is 4.33. The maximum atomic E-state index is 12.2. The Balaban J connectivity index is 2.68. The first-order chi connectivity index (χ1) is 8.44. The van der Waals surface area contributed by atoms with Crippen molar-refractivity contribution in [1.29, 1.82) is 0 Å². The summed E-state index contributed by atoms with van der Waals surface area (Å²) in [6.45, 7) is 13.2. The van der Waals surface area contributed by atoms with Gasteiger partial charge in [-0.15, -0.1) is 0 Å². The molecule has 0 aromatic heterocycles. The van der Waals surface area contributed by atoms with Gasteiger partial charge in [-0.1, -0.05) is 13.8 Å². The Bertz CT molecular complexity index is 363. The van der Waals surface area contributed by atoms with Crippen molar-refractivity contribution in [2.24, 2.45) is 17.3 Å². The molecule has 1 fully saturated rings. The minimum Gasteiger partial charge on any atom is -0.461 e. The first-order valence-corrected chi connectivity index (χ1v) is 6.88. The Morgan fingerprint density at radius 3 is 2.16 bits per heavy atom. The topological polar surface area (TPSA) is 52.6 Å². The van der Waals surface area contributed by atoms with Gasteiger partial charge in [0.25, 0.3) is 0 Å². The molecule has 0 amide bonds. The van der Waals surface area contributed by atoms with Crippen LogP contribution in [-0.2, 0) is 19.1 Å². The van der Waals surface area contributed by atoms with Gasteiger partial charge in [-0.2, -0.15) is 0 Å². The SMILES string of the molecule is CC(C)[C@H]1OC(=O)[C@@H]1CC(C)(C)C(=O)OC(C)(C)C. The normalized spacial score (nSPS) is 23.9. The molecule has 0 aromatic rings. The average Bonchev–Trinajstić information content (AvgIpc) is 2.20. The van der Waals surface area contributed by atoms with E-state index in [1.165, 1.54) is 0 Å². The van der Waals surface area contributed by atoms with Crippen molar-refractivity contribution < 1.29 is 19.1 Å². The predicted octanol–water partition coefficient (Wildman–Crippen LogP) is 2.94. The number of ether oxygens (including phenoxy) is 2. The van der Waals surface area contributed by atoms with Crippen molar-refractivity contribution in [1.82, 2.24) is 0 Å². The molecule has 0 N–H and O–H groups in total. The zero-order chi connectivity index (χ0) is 15.0. The Morgan fingerprint density at radius 2 is 1.79 bits per heavy atom. The van der Waals surface area contributed by atoms with Crippen molar-refractivity contribution in [3.05, 3.63) is 0 Å². The number of carbonyl (C=O) groups excluding carboxylic acids is 2. The molecule has 0 bridgehead atoms. The summed E-state index contributed by atoms with van der Waals surface area (Å²) in [5.41, 5.74) is -1.18. The number of hydrogen-bond acceptors (Lipinski definition) is 4. The van der Waals surface area contributed by atoms with Gasteiger partial charge < -0.3 is 9.47 Å². The number of rotatable bonds is 4. The molecule has 0 spiro atoms. The zero-order valence-corrected chi connectivity index (χ0v) is 13.1. The van der Waals surface area contributed by atoms with Crippen molar-refractivity contribution in [2.45, 2.75) is 66.6 Å². The van der Waals surface area contributed by atoms with Gasteiger partial charge >= 0.3 is 11.9 Å². The lowest BCUT2D eigenvalue weighted by molar-refractivity contribution is -0.195. The maximum absolute atomic E-state index is 12.2. The van der Waals surface area contributed by atoms with Crippen LogP contribution in [0.15, 0.2) is 0 Å². The van der Waals surface area contributed by atoms with Crippen LogP contribution in [0.2, 0.25) is 0 Å². The van der Waals surface area contributed by atoms with E-state index in [1.807, 2.05) is 48.5 Å². The highest BCUT2D eigenvalue weighted by atomic mass is 16.6. The molecular formula is C15H26O4. The van der Waals surface area contributed by atoms with Crippen LogP contribution in [0.5, 0.6) is 0 Å². The lowest BCUT2D eigenvalue weighted by atomic mass is 9.75. The fourth-order valence-corrected chi connectivity index (χ4v) is 2.21. The molecule has 1 rings (SSSR count). The summed E-state index contributed by atoms with van der Waals surface area (Å²) >= 11 is 0. The third kappa shape index (κ3) is 3.95.